The quantitative estimate of drug-likeness (QED) is 0.545. The second-order valence-corrected chi connectivity index (χ2v) is 8.97. The molecule has 0 spiro atoms. The van der Waals surface area contributed by atoms with Gasteiger partial charge in [0.05, 0.1) is 0 Å². The molecule has 0 saturated carbocycles. The highest BCUT2D eigenvalue weighted by molar-refractivity contribution is 6.30. The monoisotopic (exact) mass is 483 g/mol. The molecule has 3 aromatic rings. The number of hydrogen-bond donors (Lipinski definition) is 0. The fourth-order valence-corrected chi connectivity index (χ4v) is 4.57. The van der Waals surface area contributed by atoms with E-state index in [4.69, 9.17) is 16.3 Å². The molecule has 0 atom stereocenters. The van der Waals surface area contributed by atoms with E-state index >= 15 is 0 Å². The summed E-state index contributed by atoms with van der Waals surface area (Å²) in [5.74, 6) is 1.59. The molecule has 2 saturated heterocycles. The Morgan fingerprint density at radius 1 is 0.941 bits per heavy atom. The Bertz CT molecular complexity index is 1150. The molecule has 178 valence electrons. The van der Waals surface area contributed by atoms with Gasteiger partial charge in [-0.2, -0.15) is 4.52 Å². The van der Waals surface area contributed by atoms with E-state index < -0.39 is 0 Å². The van der Waals surface area contributed by atoms with Crippen LogP contribution >= 0.6 is 11.6 Å². The zero-order chi connectivity index (χ0) is 23.5. The van der Waals surface area contributed by atoms with Crippen LogP contribution in [0.15, 0.2) is 42.7 Å². The normalized spacial score (nSPS) is 17.3. The van der Waals surface area contributed by atoms with Crippen LogP contribution in [0.2, 0.25) is 5.02 Å². The zero-order valence-corrected chi connectivity index (χ0v) is 19.5. The van der Waals surface area contributed by atoms with Crippen molar-refractivity contribution in [2.75, 3.05) is 50.8 Å². The number of carbonyl (C=O) groups is 2. The lowest BCUT2D eigenvalue weighted by molar-refractivity contribution is -0.143. The third-order valence-corrected chi connectivity index (χ3v) is 6.69. The van der Waals surface area contributed by atoms with Gasteiger partial charge in [0, 0.05) is 50.2 Å². The van der Waals surface area contributed by atoms with Crippen molar-refractivity contribution in [2.24, 2.45) is 5.92 Å². The highest BCUT2D eigenvalue weighted by Crippen LogP contribution is 2.24. The fraction of sp³-hybridized carbons (Fsp3) is 0.435. The van der Waals surface area contributed by atoms with E-state index in [0.29, 0.717) is 42.6 Å². The maximum Gasteiger partial charge on any atom is 0.260 e. The van der Waals surface area contributed by atoms with Gasteiger partial charge in [-0.25, -0.2) is 0 Å². The molecule has 2 aliphatic rings. The molecule has 0 bridgehead atoms. The molecule has 2 aromatic heterocycles. The molecule has 1 aromatic carbocycles. The van der Waals surface area contributed by atoms with E-state index in [-0.39, 0.29) is 24.3 Å². The molecule has 0 N–H and O–H groups in total. The number of carbonyl (C=O) groups excluding carboxylic acids is 2. The predicted octanol–water partition coefficient (Wildman–Crippen LogP) is 1.74. The number of ether oxygens (including phenoxy) is 1. The molecule has 2 aliphatic heterocycles. The molecule has 0 radical (unpaired) electrons. The van der Waals surface area contributed by atoms with Crippen LogP contribution in [0, 0.1) is 5.92 Å². The number of nitrogens with zero attached hydrogens (tertiary/aromatic N) is 7. The van der Waals surface area contributed by atoms with Gasteiger partial charge in [-0.15, -0.1) is 15.3 Å². The Labute approximate surface area is 202 Å². The Balaban J connectivity index is 1.07. The van der Waals surface area contributed by atoms with Crippen molar-refractivity contribution in [2.45, 2.75) is 12.8 Å². The molecule has 5 rings (SSSR count). The van der Waals surface area contributed by atoms with E-state index in [1.165, 1.54) is 0 Å². The van der Waals surface area contributed by atoms with E-state index in [1.807, 2.05) is 17.0 Å². The van der Waals surface area contributed by atoms with Crippen LogP contribution in [-0.2, 0) is 9.59 Å². The molecule has 2 fully saturated rings. The van der Waals surface area contributed by atoms with Gasteiger partial charge < -0.3 is 19.4 Å². The lowest BCUT2D eigenvalue weighted by Gasteiger charge is -2.38. The second kappa shape index (κ2) is 9.84. The van der Waals surface area contributed by atoms with Crippen molar-refractivity contribution in [3.05, 3.63) is 47.7 Å². The Kier molecular flexibility index (Phi) is 6.48. The van der Waals surface area contributed by atoms with Crippen LogP contribution in [0.4, 0.5) is 5.82 Å². The van der Waals surface area contributed by atoms with Crippen molar-refractivity contribution < 1.29 is 14.3 Å². The summed E-state index contributed by atoms with van der Waals surface area (Å²) in [5.41, 5.74) is 0.711. The number of aromatic nitrogens is 4. The highest BCUT2D eigenvalue weighted by atomic mass is 35.5. The number of amides is 2. The van der Waals surface area contributed by atoms with Crippen LogP contribution in [0.3, 0.4) is 0 Å². The van der Waals surface area contributed by atoms with Gasteiger partial charge in [0.1, 0.15) is 17.9 Å². The number of piperidine rings is 1. The number of benzene rings is 1. The van der Waals surface area contributed by atoms with Gasteiger partial charge in [0.25, 0.3) is 5.91 Å². The van der Waals surface area contributed by atoms with Crippen molar-refractivity contribution in [3.8, 4) is 5.75 Å². The summed E-state index contributed by atoms with van der Waals surface area (Å²) in [4.78, 5) is 31.4. The first kappa shape index (κ1) is 22.4. The third-order valence-electron chi connectivity index (χ3n) is 6.44. The molecule has 2 amide bonds. The summed E-state index contributed by atoms with van der Waals surface area (Å²) in [5, 5.41) is 13.0. The summed E-state index contributed by atoms with van der Waals surface area (Å²) in [6, 6.07) is 10.8. The fourth-order valence-electron chi connectivity index (χ4n) is 4.44. The Hall–Kier alpha value is -3.40. The van der Waals surface area contributed by atoms with Gasteiger partial charge in [-0.3, -0.25) is 9.59 Å². The Morgan fingerprint density at radius 2 is 1.65 bits per heavy atom. The first-order chi connectivity index (χ1) is 16.6. The molecular weight excluding hydrogens is 458 g/mol. The summed E-state index contributed by atoms with van der Waals surface area (Å²) in [6.45, 7) is 3.68. The third kappa shape index (κ3) is 4.91. The van der Waals surface area contributed by atoms with Crippen LogP contribution in [0.25, 0.3) is 5.65 Å². The molecule has 4 heterocycles. The van der Waals surface area contributed by atoms with E-state index in [1.54, 1.807) is 40.0 Å². The van der Waals surface area contributed by atoms with Gasteiger partial charge in [0.15, 0.2) is 12.3 Å². The molecule has 10 nitrogen and oxygen atoms in total. The van der Waals surface area contributed by atoms with Crippen molar-refractivity contribution in [1.29, 1.82) is 0 Å². The maximum atomic E-state index is 13.1. The smallest absolute Gasteiger partial charge is 0.260 e. The van der Waals surface area contributed by atoms with Crippen molar-refractivity contribution in [3.63, 3.8) is 0 Å². The van der Waals surface area contributed by atoms with Gasteiger partial charge in [0.2, 0.25) is 5.91 Å². The van der Waals surface area contributed by atoms with Crippen LogP contribution < -0.4 is 9.64 Å². The number of piperazine rings is 1. The van der Waals surface area contributed by atoms with Crippen LogP contribution in [0.1, 0.15) is 12.8 Å². The van der Waals surface area contributed by atoms with E-state index in [0.717, 1.165) is 31.7 Å². The number of rotatable bonds is 5. The predicted molar refractivity (Wildman–Crippen MR) is 126 cm³/mol. The van der Waals surface area contributed by atoms with Gasteiger partial charge in [-0.1, -0.05) is 11.6 Å². The van der Waals surface area contributed by atoms with Gasteiger partial charge >= 0.3 is 0 Å². The minimum absolute atomic E-state index is 0.00498. The highest BCUT2D eigenvalue weighted by Gasteiger charge is 2.31. The topological polar surface area (TPSA) is 96.2 Å². The van der Waals surface area contributed by atoms with Crippen LogP contribution in [-0.4, -0.2) is 87.3 Å². The van der Waals surface area contributed by atoms with Crippen LogP contribution in [0.5, 0.6) is 5.75 Å². The zero-order valence-electron chi connectivity index (χ0n) is 18.7. The van der Waals surface area contributed by atoms with E-state index in [2.05, 4.69) is 20.2 Å². The van der Waals surface area contributed by atoms with E-state index in [9.17, 15) is 9.59 Å². The first-order valence-electron chi connectivity index (χ1n) is 11.4. The molecule has 0 aliphatic carbocycles. The number of hydrogen-bond acceptors (Lipinski definition) is 7. The molecule has 11 heteroatoms. The molecule has 34 heavy (non-hydrogen) atoms. The molecular formula is C23H26ClN7O3. The SMILES string of the molecule is O=C(COc1ccc(Cl)cc1)N1CCN(C(=O)C2CCN(c3ccc4nncn4n3)CC2)CC1. The lowest BCUT2D eigenvalue weighted by Crippen LogP contribution is -2.53. The average molecular weight is 484 g/mol. The average Bonchev–Trinajstić information content (AvgIpc) is 3.36. The summed E-state index contributed by atoms with van der Waals surface area (Å²) in [7, 11) is 0. The minimum Gasteiger partial charge on any atom is -0.484 e. The van der Waals surface area contributed by atoms with Gasteiger partial charge in [-0.05, 0) is 49.2 Å². The number of fused-ring (bicyclic) bond motifs is 1. The largest absolute Gasteiger partial charge is 0.484 e. The van der Waals surface area contributed by atoms with Crippen molar-refractivity contribution in [1.82, 2.24) is 29.6 Å². The standard InChI is InChI=1S/C23H26ClN7O3/c24-18-1-3-19(4-2-18)34-15-22(32)29-11-13-30(14-12-29)23(33)17-7-9-28(10-8-17)21-6-5-20-26-25-16-31(20)27-21/h1-6,16-17H,7-15H2. The minimum atomic E-state index is -0.0760. The number of anilines is 1. The Morgan fingerprint density at radius 3 is 2.38 bits per heavy atom. The number of halogens is 1. The van der Waals surface area contributed by atoms with Crippen molar-refractivity contribution >= 4 is 34.9 Å². The summed E-state index contributed by atoms with van der Waals surface area (Å²) < 4.78 is 7.22. The lowest BCUT2D eigenvalue weighted by atomic mass is 9.95. The second-order valence-electron chi connectivity index (χ2n) is 8.54. The first-order valence-corrected chi connectivity index (χ1v) is 11.8. The molecule has 0 unspecified atom stereocenters. The summed E-state index contributed by atoms with van der Waals surface area (Å²) >= 11 is 5.87. The maximum absolute atomic E-state index is 13.1. The summed E-state index contributed by atoms with van der Waals surface area (Å²) in [6.07, 6.45) is 3.16.